The SMILES string of the molecule is O=C1NC(=O)N(c2ccc(F)cc2)C(=O)[C@@H]1C=NCCN1CCCCC1. The number of urea groups is 1. The smallest absolute Gasteiger partial charge is 0.302 e. The Morgan fingerprint density at radius 3 is 2.50 bits per heavy atom. The van der Waals surface area contributed by atoms with Gasteiger partial charge >= 0.3 is 6.03 Å². The highest BCUT2D eigenvalue weighted by Gasteiger charge is 2.40. The molecule has 2 aliphatic rings. The minimum absolute atomic E-state index is 0.202. The van der Waals surface area contributed by atoms with Gasteiger partial charge in [-0.3, -0.25) is 19.9 Å². The Morgan fingerprint density at radius 2 is 1.81 bits per heavy atom. The zero-order chi connectivity index (χ0) is 18.5. The van der Waals surface area contributed by atoms with Crippen LogP contribution >= 0.6 is 0 Å². The van der Waals surface area contributed by atoms with E-state index in [4.69, 9.17) is 0 Å². The molecule has 0 aromatic heterocycles. The molecule has 1 atom stereocenters. The maximum absolute atomic E-state index is 13.1. The van der Waals surface area contributed by atoms with Gasteiger partial charge in [0.1, 0.15) is 5.82 Å². The van der Waals surface area contributed by atoms with Gasteiger partial charge in [0, 0.05) is 12.8 Å². The summed E-state index contributed by atoms with van der Waals surface area (Å²) in [6, 6.07) is 4.08. The second-order valence-electron chi connectivity index (χ2n) is 6.38. The third-order valence-corrected chi connectivity index (χ3v) is 4.54. The number of anilines is 1. The van der Waals surface area contributed by atoms with E-state index in [9.17, 15) is 18.8 Å². The molecular formula is C18H21FN4O3. The highest BCUT2D eigenvalue weighted by molar-refractivity contribution is 6.32. The number of hydrogen-bond acceptors (Lipinski definition) is 5. The van der Waals surface area contributed by atoms with Crippen molar-refractivity contribution in [2.24, 2.45) is 10.9 Å². The van der Waals surface area contributed by atoms with Crippen LogP contribution in [0.25, 0.3) is 0 Å². The summed E-state index contributed by atoms with van der Waals surface area (Å²) in [6.07, 6.45) is 4.91. The number of amides is 4. The number of aliphatic imine (C=N–C) groups is 1. The van der Waals surface area contributed by atoms with E-state index in [0.29, 0.717) is 6.54 Å². The third kappa shape index (κ3) is 4.13. The number of piperidine rings is 1. The van der Waals surface area contributed by atoms with Crippen molar-refractivity contribution < 1.29 is 18.8 Å². The maximum atomic E-state index is 13.1. The van der Waals surface area contributed by atoms with E-state index >= 15 is 0 Å². The van der Waals surface area contributed by atoms with E-state index in [1.165, 1.54) is 37.6 Å². The van der Waals surface area contributed by atoms with E-state index in [1.54, 1.807) is 0 Å². The molecule has 7 nitrogen and oxygen atoms in total. The van der Waals surface area contributed by atoms with Gasteiger partial charge in [-0.15, -0.1) is 0 Å². The number of likely N-dealkylation sites (tertiary alicyclic amines) is 1. The van der Waals surface area contributed by atoms with Gasteiger partial charge in [-0.25, -0.2) is 14.1 Å². The Labute approximate surface area is 150 Å². The number of carbonyl (C=O) groups is 3. The number of nitrogens with zero attached hydrogens (tertiary/aromatic N) is 3. The number of imide groups is 2. The number of halogens is 1. The van der Waals surface area contributed by atoms with E-state index in [1.807, 2.05) is 0 Å². The summed E-state index contributed by atoms with van der Waals surface area (Å²) >= 11 is 0. The molecule has 2 aliphatic heterocycles. The molecule has 138 valence electrons. The number of nitrogens with one attached hydrogen (secondary N) is 1. The molecule has 2 heterocycles. The number of rotatable bonds is 5. The number of barbiturate groups is 1. The monoisotopic (exact) mass is 360 g/mol. The van der Waals surface area contributed by atoms with E-state index < -0.39 is 29.6 Å². The summed E-state index contributed by atoms with van der Waals surface area (Å²) in [6.45, 7) is 3.36. The van der Waals surface area contributed by atoms with Gasteiger partial charge in [0.15, 0.2) is 5.92 Å². The molecule has 0 spiro atoms. The Hall–Kier alpha value is -2.61. The second-order valence-corrected chi connectivity index (χ2v) is 6.38. The van der Waals surface area contributed by atoms with Crippen LogP contribution in [0.1, 0.15) is 19.3 Å². The minimum Gasteiger partial charge on any atom is -0.302 e. The molecule has 1 N–H and O–H groups in total. The van der Waals surface area contributed by atoms with Crippen molar-refractivity contribution in [3.05, 3.63) is 30.1 Å². The molecule has 3 rings (SSSR count). The number of hydrogen-bond donors (Lipinski definition) is 1. The molecule has 4 amide bonds. The van der Waals surface area contributed by atoms with Crippen LogP contribution in [0.3, 0.4) is 0 Å². The predicted molar refractivity (Wildman–Crippen MR) is 94.6 cm³/mol. The fourth-order valence-corrected chi connectivity index (χ4v) is 3.12. The summed E-state index contributed by atoms with van der Waals surface area (Å²) in [5.41, 5.74) is 0.202. The fourth-order valence-electron chi connectivity index (χ4n) is 3.12. The van der Waals surface area contributed by atoms with Gasteiger partial charge in [0.25, 0.3) is 5.91 Å². The van der Waals surface area contributed by atoms with Gasteiger partial charge in [-0.1, -0.05) is 6.42 Å². The molecule has 1 aromatic rings. The van der Waals surface area contributed by atoms with Crippen LogP contribution in [-0.4, -0.2) is 55.1 Å². The van der Waals surface area contributed by atoms with Gasteiger partial charge in [0.2, 0.25) is 5.91 Å². The molecule has 2 saturated heterocycles. The van der Waals surface area contributed by atoms with Crippen LogP contribution in [0.15, 0.2) is 29.3 Å². The minimum atomic E-state index is -1.17. The van der Waals surface area contributed by atoms with Crippen molar-refractivity contribution in [1.29, 1.82) is 0 Å². The first-order valence-corrected chi connectivity index (χ1v) is 8.73. The summed E-state index contributed by atoms with van der Waals surface area (Å²) in [4.78, 5) is 43.9. The molecule has 1 aromatic carbocycles. The first-order valence-electron chi connectivity index (χ1n) is 8.73. The average molecular weight is 360 g/mol. The van der Waals surface area contributed by atoms with Crippen LogP contribution in [0.2, 0.25) is 0 Å². The summed E-state index contributed by atoms with van der Waals surface area (Å²) in [5, 5.41) is 2.15. The maximum Gasteiger partial charge on any atom is 0.335 e. The molecular weight excluding hydrogens is 339 g/mol. The lowest BCUT2D eigenvalue weighted by Gasteiger charge is -2.28. The first-order chi connectivity index (χ1) is 12.6. The van der Waals surface area contributed by atoms with Gasteiger partial charge in [-0.05, 0) is 50.2 Å². The summed E-state index contributed by atoms with van der Waals surface area (Å²) in [5.74, 6) is -3.03. The van der Waals surface area contributed by atoms with E-state index in [-0.39, 0.29) is 5.69 Å². The Balaban J connectivity index is 1.65. The molecule has 0 aliphatic carbocycles. The first kappa shape index (κ1) is 18.2. The van der Waals surface area contributed by atoms with Crippen molar-refractivity contribution >= 4 is 29.7 Å². The van der Waals surface area contributed by atoms with Gasteiger partial charge < -0.3 is 4.90 Å². The van der Waals surface area contributed by atoms with Gasteiger partial charge in [0.05, 0.1) is 12.2 Å². The van der Waals surface area contributed by atoms with Gasteiger partial charge in [-0.2, -0.15) is 0 Å². The summed E-state index contributed by atoms with van der Waals surface area (Å²) < 4.78 is 13.1. The molecule has 0 bridgehead atoms. The molecule has 0 saturated carbocycles. The largest absolute Gasteiger partial charge is 0.335 e. The van der Waals surface area contributed by atoms with Crippen LogP contribution in [0.5, 0.6) is 0 Å². The van der Waals surface area contributed by atoms with E-state index in [0.717, 1.165) is 36.7 Å². The molecule has 2 fully saturated rings. The Kier molecular flexibility index (Phi) is 5.72. The topological polar surface area (TPSA) is 82.1 Å². The van der Waals surface area contributed by atoms with Crippen molar-refractivity contribution in [3.8, 4) is 0 Å². The number of carbonyl (C=O) groups excluding carboxylic acids is 3. The number of benzene rings is 1. The lowest BCUT2D eigenvalue weighted by Crippen LogP contribution is -2.58. The zero-order valence-corrected chi connectivity index (χ0v) is 14.4. The lowest BCUT2D eigenvalue weighted by molar-refractivity contribution is -0.131. The van der Waals surface area contributed by atoms with Crippen molar-refractivity contribution in [2.45, 2.75) is 19.3 Å². The zero-order valence-electron chi connectivity index (χ0n) is 14.4. The molecule has 0 unspecified atom stereocenters. The van der Waals surface area contributed by atoms with Crippen LogP contribution < -0.4 is 10.2 Å². The van der Waals surface area contributed by atoms with Crippen molar-refractivity contribution in [1.82, 2.24) is 10.2 Å². The van der Waals surface area contributed by atoms with E-state index in [2.05, 4.69) is 15.2 Å². The Bertz CT molecular complexity index is 714. The highest BCUT2D eigenvalue weighted by atomic mass is 19.1. The highest BCUT2D eigenvalue weighted by Crippen LogP contribution is 2.20. The fraction of sp³-hybridized carbons (Fsp3) is 0.444. The quantitative estimate of drug-likeness (QED) is 0.638. The normalized spacial score (nSPS) is 22.1. The molecule has 0 radical (unpaired) electrons. The van der Waals surface area contributed by atoms with Crippen LogP contribution in [0.4, 0.5) is 14.9 Å². The molecule has 26 heavy (non-hydrogen) atoms. The predicted octanol–water partition coefficient (Wildman–Crippen LogP) is 1.58. The standard InChI is InChI=1S/C18H21FN4O3/c19-13-4-6-14(7-5-13)23-17(25)15(16(24)21-18(23)26)12-20-8-11-22-9-2-1-3-10-22/h4-7,12,15H,1-3,8-11H2,(H,21,24,26)/t15-/m1/s1. The van der Waals surface area contributed by atoms with Crippen LogP contribution in [-0.2, 0) is 9.59 Å². The van der Waals surface area contributed by atoms with Crippen molar-refractivity contribution in [2.75, 3.05) is 31.1 Å². The lowest BCUT2D eigenvalue weighted by atomic mass is 10.1. The van der Waals surface area contributed by atoms with Crippen LogP contribution in [0, 0.1) is 11.7 Å². The molecule has 8 heteroatoms. The second kappa shape index (κ2) is 8.18. The Morgan fingerprint density at radius 1 is 1.12 bits per heavy atom. The summed E-state index contributed by atoms with van der Waals surface area (Å²) in [7, 11) is 0. The average Bonchev–Trinajstić information content (AvgIpc) is 2.63. The third-order valence-electron chi connectivity index (χ3n) is 4.54. The van der Waals surface area contributed by atoms with Crippen molar-refractivity contribution in [3.63, 3.8) is 0 Å².